The Kier molecular flexibility index (Phi) is 7.41. The Hall–Kier alpha value is -3.78. The van der Waals surface area contributed by atoms with Crippen LogP contribution in [0.1, 0.15) is 22.3 Å². The highest BCUT2D eigenvalue weighted by Crippen LogP contribution is 2.35. The molecule has 0 aliphatic carbocycles. The standard InChI is InChI=1S/C29H22Cl2N2O2/c1-18-7-10-25(11-19(18)2)33-29(34)24(16-32)13-21-14-26(30)28(27(31)15-21)35-17-20-8-9-22-5-3-4-6-23(22)12-20/h3-15H,17H2,1-2H3,(H,33,34)/b24-13+. The molecular weight excluding hydrogens is 479 g/mol. The Morgan fingerprint density at radius 1 is 0.943 bits per heavy atom. The van der Waals surface area contributed by atoms with E-state index in [0.29, 0.717) is 23.6 Å². The van der Waals surface area contributed by atoms with E-state index in [9.17, 15) is 10.1 Å². The van der Waals surface area contributed by atoms with E-state index in [4.69, 9.17) is 27.9 Å². The van der Waals surface area contributed by atoms with Gasteiger partial charge >= 0.3 is 0 Å². The van der Waals surface area contributed by atoms with Crippen molar-refractivity contribution in [3.8, 4) is 11.8 Å². The fourth-order valence-electron chi connectivity index (χ4n) is 3.62. The van der Waals surface area contributed by atoms with Gasteiger partial charge in [0, 0.05) is 5.69 Å². The number of amides is 1. The summed E-state index contributed by atoms with van der Waals surface area (Å²) in [5, 5.41) is 15.1. The third-order valence-corrected chi connectivity index (χ3v) is 6.22. The molecule has 0 fully saturated rings. The number of hydrogen-bond donors (Lipinski definition) is 1. The number of carbonyl (C=O) groups is 1. The molecular formula is C29H22Cl2N2O2. The number of nitrogens with zero attached hydrogens (tertiary/aromatic N) is 1. The molecule has 0 saturated carbocycles. The Bertz CT molecular complexity index is 1480. The van der Waals surface area contributed by atoms with Gasteiger partial charge in [-0.3, -0.25) is 4.79 Å². The van der Waals surface area contributed by atoms with Gasteiger partial charge in [-0.2, -0.15) is 5.26 Å². The van der Waals surface area contributed by atoms with Crippen molar-refractivity contribution in [1.82, 2.24) is 0 Å². The number of fused-ring (bicyclic) bond motifs is 1. The Morgan fingerprint density at radius 2 is 1.66 bits per heavy atom. The first kappa shape index (κ1) is 24.3. The van der Waals surface area contributed by atoms with Gasteiger partial charge in [0.05, 0.1) is 10.0 Å². The van der Waals surface area contributed by atoms with Crippen LogP contribution in [-0.2, 0) is 11.4 Å². The predicted octanol–water partition coefficient (Wildman–Crippen LogP) is 7.89. The molecule has 0 heterocycles. The molecule has 0 saturated heterocycles. The molecule has 0 radical (unpaired) electrons. The van der Waals surface area contributed by atoms with Crippen LogP contribution in [0.15, 0.2) is 78.4 Å². The number of ether oxygens (including phenoxy) is 1. The maximum absolute atomic E-state index is 12.6. The maximum Gasteiger partial charge on any atom is 0.266 e. The number of carbonyl (C=O) groups excluding carboxylic acids is 1. The second-order valence-corrected chi connectivity index (χ2v) is 9.02. The lowest BCUT2D eigenvalue weighted by Crippen LogP contribution is -2.13. The number of anilines is 1. The number of rotatable bonds is 6. The van der Waals surface area contributed by atoms with E-state index >= 15 is 0 Å². The number of benzene rings is 4. The molecule has 6 heteroatoms. The van der Waals surface area contributed by atoms with Gasteiger partial charge in [-0.05, 0) is 83.3 Å². The Balaban J connectivity index is 1.50. The SMILES string of the molecule is Cc1ccc(NC(=O)/C(C#N)=C/c2cc(Cl)c(OCc3ccc4ccccc4c3)c(Cl)c2)cc1C. The van der Waals surface area contributed by atoms with Gasteiger partial charge in [-0.1, -0.05) is 65.7 Å². The lowest BCUT2D eigenvalue weighted by atomic mass is 10.1. The Morgan fingerprint density at radius 3 is 2.34 bits per heavy atom. The normalized spacial score (nSPS) is 11.2. The van der Waals surface area contributed by atoms with Gasteiger partial charge in [0.1, 0.15) is 18.2 Å². The first-order chi connectivity index (χ1) is 16.8. The predicted molar refractivity (Wildman–Crippen MR) is 143 cm³/mol. The number of halogens is 2. The van der Waals surface area contributed by atoms with E-state index in [1.807, 2.05) is 62.4 Å². The van der Waals surface area contributed by atoms with E-state index in [1.165, 1.54) is 6.08 Å². The van der Waals surface area contributed by atoms with E-state index in [0.717, 1.165) is 27.5 Å². The smallest absolute Gasteiger partial charge is 0.266 e. The van der Waals surface area contributed by atoms with Gasteiger partial charge in [0.2, 0.25) is 0 Å². The molecule has 0 unspecified atom stereocenters. The van der Waals surface area contributed by atoms with E-state index < -0.39 is 5.91 Å². The van der Waals surface area contributed by atoms with Crippen molar-refractivity contribution >= 4 is 51.6 Å². The molecule has 4 rings (SSSR count). The van der Waals surface area contributed by atoms with Crippen molar-refractivity contribution in [2.45, 2.75) is 20.5 Å². The fraction of sp³-hybridized carbons (Fsp3) is 0.103. The summed E-state index contributed by atoms with van der Waals surface area (Å²) in [7, 11) is 0. The molecule has 4 aromatic rings. The summed E-state index contributed by atoms with van der Waals surface area (Å²) in [5.41, 5.74) is 4.21. The van der Waals surface area contributed by atoms with Crippen LogP contribution in [0.5, 0.6) is 5.75 Å². The van der Waals surface area contributed by atoms with Crippen molar-refractivity contribution < 1.29 is 9.53 Å². The van der Waals surface area contributed by atoms with Crippen LogP contribution < -0.4 is 10.1 Å². The van der Waals surface area contributed by atoms with Gasteiger partial charge in [0.25, 0.3) is 5.91 Å². The van der Waals surface area contributed by atoms with Crippen molar-refractivity contribution in [2.24, 2.45) is 0 Å². The minimum atomic E-state index is -0.514. The van der Waals surface area contributed by atoms with Crippen LogP contribution in [-0.4, -0.2) is 5.91 Å². The van der Waals surface area contributed by atoms with Crippen LogP contribution in [0.2, 0.25) is 10.0 Å². The fourth-order valence-corrected chi connectivity index (χ4v) is 4.23. The molecule has 35 heavy (non-hydrogen) atoms. The highest BCUT2D eigenvalue weighted by atomic mass is 35.5. The van der Waals surface area contributed by atoms with Crippen molar-refractivity contribution in [3.05, 3.63) is 111 Å². The molecule has 0 spiro atoms. The lowest BCUT2D eigenvalue weighted by molar-refractivity contribution is -0.112. The third-order valence-electron chi connectivity index (χ3n) is 5.66. The molecule has 1 N–H and O–H groups in total. The zero-order chi connectivity index (χ0) is 24.9. The largest absolute Gasteiger partial charge is 0.486 e. The van der Waals surface area contributed by atoms with E-state index in [1.54, 1.807) is 18.2 Å². The molecule has 0 atom stereocenters. The third kappa shape index (κ3) is 5.84. The number of hydrogen-bond acceptors (Lipinski definition) is 3. The minimum absolute atomic E-state index is 0.0693. The second-order valence-electron chi connectivity index (χ2n) is 8.21. The molecule has 174 valence electrons. The topological polar surface area (TPSA) is 62.1 Å². The Labute approximate surface area is 214 Å². The van der Waals surface area contributed by atoms with Crippen LogP contribution in [0.3, 0.4) is 0 Å². The average molecular weight is 501 g/mol. The highest BCUT2D eigenvalue weighted by molar-refractivity contribution is 6.37. The number of nitriles is 1. The van der Waals surface area contributed by atoms with Gasteiger partial charge in [-0.25, -0.2) is 0 Å². The van der Waals surface area contributed by atoms with Crippen LogP contribution >= 0.6 is 23.2 Å². The van der Waals surface area contributed by atoms with Crippen LogP contribution in [0, 0.1) is 25.2 Å². The summed E-state index contributed by atoms with van der Waals surface area (Å²) in [6, 6.07) is 24.9. The summed E-state index contributed by atoms with van der Waals surface area (Å²) >= 11 is 12.9. The first-order valence-corrected chi connectivity index (χ1v) is 11.7. The van der Waals surface area contributed by atoms with E-state index in [-0.39, 0.29) is 15.6 Å². The molecule has 1 amide bonds. The van der Waals surface area contributed by atoms with Crippen molar-refractivity contribution in [3.63, 3.8) is 0 Å². The van der Waals surface area contributed by atoms with Gasteiger partial charge in [0.15, 0.2) is 5.75 Å². The summed E-state index contributed by atoms with van der Waals surface area (Å²) in [4.78, 5) is 12.6. The highest BCUT2D eigenvalue weighted by Gasteiger charge is 2.14. The zero-order valence-corrected chi connectivity index (χ0v) is 20.7. The van der Waals surface area contributed by atoms with Gasteiger partial charge in [-0.15, -0.1) is 0 Å². The summed E-state index contributed by atoms with van der Waals surface area (Å²) in [5.74, 6) is -0.170. The molecule has 0 aliphatic heterocycles. The maximum atomic E-state index is 12.6. The average Bonchev–Trinajstić information content (AvgIpc) is 2.84. The summed E-state index contributed by atoms with van der Waals surface area (Å²) in [6.45, 7) is 4.24. The van der Waals surface area contributed by atoms with Crippen molar-refractivity contribution in [1.29, 1.82) is 5.26 Å². The number of nitrogens with one attached hydrogen (secondary N) is 1. The molecule has 4 aromatic carbocycles. The monoisotopic (exact) mass is 500 g/mol. The van der Waals surface area contributed by atoms with Gasteiger partial charge < -0.3 is 10.1 Å². The first-order valence-electron chi connectivity index (χ1n) is 10.9. The molecule has 0 aromatic heterocycles. The van der Waals surface area contributed by atoms with Crippen molar-refractivity contribution in [2.75, 3.05) is 5.32 Å². The van der Waals surface area contributed by atoms with E-state index in [2.05, 4.69) is 17.4 Å². The van der Waals surface area contributed by atoms with Crippen LogP contribution in [0.4, 0.5) is 5.69 Å². The molecule has 0 aliphatic rings. The molecule has 0 bridgehead atoms. The lowest BCUT2D eigenvalue weighted by Gasteiger charge is -2.12. The van der Waals surface area contributed by atoms with Crippen LogP contribution in [0.25, 0.3) is 16.8 Å². The summed E-state index contributed by atoms with van der Waals surface area (Å²) < 4.78 is 5.91. The minimum Gasteiger partial charge on any atom is -0.486 e. The molecule has 4 nitrogen and oxygen atoms in total. The summed E-state index contributed by atoms with van der Waals surface area (Å²) in [6.07, 6.45) is 1.45. The second kappa shape index (κ2) is 10.7. The quantitative estimate of drug-likeness (QED) is 0.216. The number of aryl methyl sites for hydroxylation is 2. The zero-order valence-electron chi connectivity index (χ0n) is 19.2.